The summed E-state index contributed by atoms with van der Waals surface area (Å²) in [4.78, 5) is 52.9. The third-order valence-electron chi connectivity index (χ3n) is 6.15. The van der Waals surface area contributed by atoms with E-state index >= 15 is 0 Å². The molecule has 2 fully saturated rings. The minimum Gasteiger partial charge on any atom is -0.480 e. The van der Waals surface area contributed by atoms with Crippen molar-refractivity contribution in [3.63, 3.8) is 0 Å². The second-order valence-electron chi connectivity index (χ2n) is 9.68. The van der Waals surface area contributed by atoms with Crippen LogP contribution in [-0.4, -0.2) is 76.1 Å². The Morgan fingerprint density at radius 3 is 2.23 bits per heavy atom. The van der Waals surface area contributed by atoms with Gasteiger partial charge in [0.1, 0.15) is 23.7 Å². The van der Waals surface area contributed by atoms with Crippen LogP contribution in [0.4, 0.5) is 4.79 Å². The first-order chi connectivity index (χ1) is 14.4. The highest BCUT2D eigenvalue weighted by Gasteiger charge is 2.41. The molecule has 2 rings (SSSR count). The van der Waals surface area contributed by atoms with Gasteiger partial charge in [0.15, 0.2) is 0 Å². The molecule has 1 saturated carbocycles. The first-order valence-electron chi connectivity index (χ1n) is 11.2. The third kappa shape index (κ3) is 6.58. The van der Waals surface area contributed by atoms with Crippen molar-refractivity contribution in [2.75, 3.05) is 13.6 Å². The van der Waals surface area contributed by atoms with Crippen molar-refractivity contribution in [1.82, 2.24) is 15.1 Å². The van der Waals surface area contributed by atoms with Gasteiger partial charge in [-0.3, -0.25) is 14.5 Å². The van der Waals surface area contributed by atoms with E-state index in [1.807, 2.05) is 0 Å². The number of amides is 3. The Bertz CT molecular complexity index is 683. The maximum atomic E-state index is 13.4. The van der Waals surface area contributed by atoms with Crippen LogP contribution in [0.1, 0.15) is 72.6 Å². The zero-order valence-electron chi connectivity index (χ0n) is 19.3. The lowest BCUT2D eigenvalue weighted by Gasteiger charge is -2.35. The molecule has 176 valence electrons. The van der Waals surface area contributed by atoms with Gasteiger partial charge in [0, 0.05) is 13.6 Å². The van der Waals surface area contributed by atoms with Gasteiger partial charge >= 0.3 is 12.1 Å². The fraction of sp³-hybridized carbons (Fsp3) is 0.818. The number of carboxylic acids is 1. The molecule has 0 bridgehead atoms. The lowest BCUT2D eigenvalue weighted by molar-refractivity contribution is -0.150. The van der Waals surface area contributed by atoms with Crippen LogP contribution < -0.4 is 5.32 Å². The van der Waals surface area contributed by atoms with Gasteiger partial charge in [-0.2, -0.15) is 0 Å². The smallest absolute Gasteiger partial charge is 0.410 e. The molecule has 31 heavy (non-hydrogen) atoms. The average Bonchev–Trinajstić information content (AvgIpc) is 3.19. The first kappa shape index (κ1) is 24.9. The van der Waals surface area contributed by atoms with Gasteiger partial charge in [0.25, 0.3) is 0 Å². The number of carboxylic acid groups (broad SMARTS) is 1. The summed E-state index contributed by atoms with van der Waals surface area (Å²) in [6.45, 7) is 7.20. The number of rotatable bonds is 6. The van der Waals surface area contributed by atoms with Gasteiger partial charge in [-0.1, -0.05) is 19.3 Å². The summed E-state index contributed by atoms with van der Waals surface area (Å²) in [5.74, 6) is -1.85. The molecule has 1 aliphatic heterocycles. The first-order valence-corrected chi connectivity index (χ1v) is 11.2. The molecule has 0 radical (unpaired) electrons. The van der Waals surface area contributed by atoms with E-state index in [0.29, 0.717) is 19.4 Å². The van der Waals surface area contributed by atoms with E-state index in [9.17, 15) is 24.3 Å². The molecule has 1 unspecified atom stereocenters. The topological polar surface area (TPSA) is 116 Å². The Morgan fingerprint density at radius 1 is 1.06 bits per heavy atom. The van der Waals surface area contributed by atoms with Crippen molar-refractivity contribution >= 4 is 23.9 Å². The van der Waals surface area contributed by atoms with Gasteiger partial charge in [-0.05, 0) is 59.3 Å². The number of nitrogens with one attached hydrogen (secondary N) is 1. The highest BCUT2D eigenvalue weighted by molar-refractivity contribution is 5.93. The molecule has 3 amide bonds. The van der Waals surface area contributed by atoms with E-state index in [0.717, 1.165) is 32.1 Å². The van der Waals surface area contributed by atoms with E-state index < -0.39 is 41.7 Å². The largest absolute Gasteiger partial charge is 0.480 e. The maximum Gasteiger partial charge on any atom is 0.410 e. The molecule has 3 atom stereocenters. The van der Waals surface area contributed by atoms with Crippen LogP contribution in [0.2, 0.25) is 0 Å². The van der Waals surface area contributed by atoms with Crippen LogP contribution in [0.3, 0.4) is 0 Å². The monoisotopic (exact) mass is 439 g/mol. The number of likely N-dealkylation sites (N-methyl/N-ethyl adjacent to an activating group) is 1. The third-order valence-corrected chi connectivity index (χ3v) is 6.15. The second kappa shape index (κ2) is 10.3. The molecule has 9 nitrogen and oxygen atoms in total. The number of ether oxygens (including phenoxy) is 1. The van der Waals surface area contributed by atoms with Crippen LogP contribution in [0.15, 0.2) is 0 Å². The van der Waals surface area contributed by atoms with E-state index in [2.05, 4.69) is 5.32 Å². The van der Waals surface area contributed by atoms with E-state index in [1.54, 1.807) is 27.7 Å². The molecule has 2 aliphatic rings. The molecule has 0 aromatic carbocycles. The number of hydrogen-bond acceptors (Lipinski definition) is 5. The van der Waals surface area contributed by atoms with Crippen molar-refractivity contribution in [3.8, 4) is 0 Å². The maximum absolute atomic E-state index is 13.4. The van der Waals surface area contributed by atoms with Gasteiger partial charge in [0.2, 0.25) is 11.8 Å². The molecular formula is C22H37N3O6. The van der Waals surface area contributed by atoms with Gasteiger partial charge < -0.3 is 20.1 Å². The second-order valence-corrected chi connectivity index (χ2v) is 9.68. The minimum atomic E-state index is -1.02. The lowest BCUT2D eigenvalue weighted by Crippen LogP contribution is -2.58. The summed E-state index contributed by atoms with van der Waals surface area (Å²) in [7, 11) is 1.48. The molecule has 0 aromatic rings. The van der Waals surface area contributed by atoms with Crippen LogP contribution in [0.25, 0.3) is 0 Å². The summed E-state index contributed by atoms with van der Waals surface area (Å²) in [5, 5.41) is 12.3. The van der Waals surface area contributed by atoms with Gasteiger partial charge in [-0.25, -0.2) is 9.59 Å². The lowest BCUT2D eigenvalue weighted by atomic mass is 9.83. The quantitative estimate of drug-likeness (QED) is 0.656. The van der Waals surface area contributed by atoms with Crippen molar-refractivity contribution in [1.29, 1.82) is 0 Å². The summed E-state index contributed by atoms with van der Waals surface area (Å²) >= 11 is 0. The summed E-state index contributed by atoms with van der Waals surface area (Å²) < 4.78 is 5.33. The number of likely N-dealkylation sites (tertiary alicyclic amines) is 1. The molecule has 9 heteroatoms. The number of hydrogen-bond donors (Lipinski definition) is 2. The number of aliphatic carboxylic acids is 1. The Kier molecular flexibility index (Phi) is 8.31. The highest BCUT2D eigenvalue weighted by Crippen LogP contribution is 2.29. The number of carbonyl (C=O) groups excluding carboxylic acids is 3. The van der Waals surface area contributed by atoms with E-state index in [-0.39, 0.29) is 11.8 Å². The number of nitrogens with zero attached hydrogens (tertiary/aromatic N) is 2. The zero-order chi connectivity index (χ0) is 23.3. The predicted octanol–water partition coefficient (Wildman–Crippen LogP) is 2.38. The van der Waals surface area contributed by atoms with Gasteiger partial charge in [-0.15, -0.1) is 0 Å². The van der Waals surface area contributed by atoms with Crippen molar-refractivity contribution in [2.45, 2.75) is 96.4 Å². The van der Waals surface area contributed by atoms with Crippen LogP contribution in [0.5, 0.6) is 0 Å². The molecule has 0 aromatic heterocycles. The Morgan fingerprint density at radius 2 is 1.68 bits per heavy atom. The van der Waals surface area contributed by atoms with Crippen LogP contribution >= 0.6 is 0 Å². The number of carbonyl (C=O) groups is 4. The van der Waals surface area contributed by atoms with Crippen LogP contribution in [0, 0.1) is 5.92 Å². The zero-order valence-corrected chi connectivity index (χ0v) is 19.3. The summed E-state index contributed by atoms with van der Waals surface area (Å²) in [6.07, 6.45) is 5.07. The van der Waals surface area contributed by atoms with Crippen molar-refractivity contribution in [3.05, 3.63) is 0 Å². The van der Waals surface area contributed by atoms with Crippen LogP contribution in [-0.2, 0) is 19.1 Å². The summed E-state index contributed by atoms with van der Waals surface area (Å²) in [5.41, 5.74) is -0.691. The van der Waals surface area contributed by atoms with Crippen molar-refractivity contribution in [2.24, 2.45) is 5.92 Å². The molecule has 1 aliphatic carbocycles. The van der Waals surface area contributed by atoms with E-state index in [4.69, 9.17) is 4.74 Å². The van der Waals surface area contributed by atoms with Gasteiger partial charge in [0.05, 0.1) is 0 Å². The van der Waals surface area contributed by atoms with Crippen molar-refractivity contribution < 1.29 is 29.0 Å². The SMILES string of the molecule is C[C@@H](C(=O)N[C@H](C(=O)N1CCCC1C(=O)O)C1CCCCC1)N(C)C(=O)OC(C)(C)C. The molecule has 2 N–H and O–H groups in total. The average molecular weight is 440 g/mol. The Labute approximate surface area is 184 Å². The predicted molar refractivity (Wildman–Crippen MR) is 114 cm³/mol. The Hall–Kier alpha value is -2.32. The highest BCUT2D eigenvalue weighted by atomic mass is 16.6. The molecule has 0 spiro atoms. The molecular weight excluding hydrogens is 402 g/mol. The van der Waals surface area contributed by atoms with E-state index in [1.165, 1.54) is 16.8 Å². The normalized spacial score (nSPS) is 21.8. The fourth-order valence-electron chi connectivity index (χ4n) is 4.26. The Balaban J connectivity index is 2.15. The summed E-state index contributed by atoms with van der Waals surface area (Å²) in [6, 6.07) is -2.48. The molecule has 1 saturated heterocycles. The molecule has 1 heterocycles. The minimum absolute atomic E-state index is 0.0423. The fourth-order valence-corrected chi connectivity index (χ4v) is 4.26. The standard InChI is InChI=1S/C22H37N3O6/c1-14(24(5)21(30)31-22(2,3)4)18(26)23-17(15-10-7-6-8-11-15)19(27)25-13-9-12-16(25)20(28)29/h14-17H,6-13H2,1-5H3,(H,23,26)(H,28,29)/t14-,16?,17-/m0/s1.